The van der Waals surface area contributed by atoms with Crippen LogP contribution in [0.25, 0.3) is 10.9 Å². The third-order valence-electron chi connectivity index (χ3n) is 3.79. The van der Waals surface area contributed by atoms with E-state index in [1.54, 1.807) is 0 Å². The normalized spacial score (nSPS) is 23.2. The second kappa shape index (κ2) is 5.29. The van der Waals surface area contributed by atoms with Crippen LogP contribution in [0.15, 0.2) is 30.5 Å². The quantitative estimate of drug-likeness (QED) is 0.912. The summed E-state index contributed by atoms with van der Waals surface area (Å²) in [5, 5.41) is 1.13. The molecular weight excluding hydrogens is 252 g/mol. The van der Waals surface area contributed by atoms with Crippen LogP contribution >= 0.6 is 0 Å². The van der Waals surface area contributed by atoms with Crippen molar-refractivity contribution in [3.05, 3.63) is 36.0 Å². The Balaban J connectivity index is 1.75. The molecule has 2 aromatic rings. The molecule has 1 aliphatic rings. The zero-order chi connectivity index (χ0) is 14.1. The van der Waals surface area contributed by atoms with E-state index in [9.17, 15) is 4.79 Å². The molecule has 1 amide bonds. The van der Waals surface area contributed by atoms with Crippen LogP contribution < -0.4 is 0 Å². The molecule has 4 heteroatoms. The lowest BCUT2D eigenvalue weighted by molar-refractivity contribution is -0.142. The number of H-pyrrole nitrogens is 1. The average molecular weight is 272 g/mol. The number of para-hydroxylation sites is 1. The van der Waals surface area contributed by atoms with Gasteiger partial charge in [0.05, 0.1) is 18.6 Å². The van der Waals surface area contributed by atoms with Crippen molar-refractivity contribution < 1.29 is 9.53 Å². The van der Waals surface area contributed by atoms with E-state index in [2.05, 4.69) is 11.1 Å². The molecule has 1 N–H and O–H groups in total. The zero-order valence-electron chi connectivity index (χ0n) is 11.9. The highest BCUT2D eigenvalue weighted by Gasteiger charge is 2.26. The van der Waals surface area contributed by atoms with E-state index in [1.165, 1.54) is 0 Å². The molecule has 0 bridgehead atoms. The zero-order valence-corrected chi connectivity index (χ0v) is 11.9. The van der Waals surface area contributed by atoms with Crippen LogP contribution in [0, 0.1) is 0 Å². The van der Waals surface area contributed by atoms with Gasteiger partial charge in [0, 0.05) is 30.2 Å². The molecule has 1 aromatic heterocycles. The summed E-state index contributed by atoms with van der Waals surface area (Å²) >= 11 is 0. The molecule has 0 radical (unpaired) electrons. The highest BCUT2D eigenvalue weighted by molar-refractivity contribution is 5.88. The van der Waals surface area contributed by atoms with Crippen molar-refractivity contribution in [1.29, 1.82) is 0 Å². The minimum absolute atomic E-state index is 0.116. The average Bonchev–Trinajstić information content (AvgIpc) is 2.81. The standard InChI is InChI=1S/C16H20N2O2/c1-11-9-18(10-12(2)20-11)16(19)7-13-8-17-15-6-4-3-5-14(13)15/h3-6,8,11-12,17H,7,9-10H2,1-2H3. The molecule has 4 nitrogen and oxygen atoms in total. The molecule has 0 aliphatic carbocycles. The highest BCUT2D eigenvalue weighted by atomic mass is 16.5. The number of nitrogens with zero attached hydrogens (tertiary/aromatic N) is 1. The number of morpholine rings is 1. The summed E-state index contributed by atoms with van der Waals surface area (Å²) in [5.41, 5.74) is 2.15. The fourth-order valence-corrected chi connectivity index (χ4v) is 2.93. The van der Waals surface area contributed by atoms with Gasteiger partial charge in [-0.15, -0.1) is 0 Å². The van der Waals surface area contributed by atoms with Gasteiger partial charge in [0.25, 0.3) is 0 Å². The lowest BCUT2D eigenvalue weighted by atomic mass is 10.1. The Bertz CT molecular complexity index is 610. The van der Waals surface area contributed by atoms with Gasteiger partial charge in [-0.05, 0) is 25.5 Å². The third kappa shape index (κ3) is 2.56. The van der Waals surface area contributed by atoms with Crippen LogP contribution in [0.4, 0.5) is 0 Å². The summed E-state index contributed by atoms with van der Waals surface area (Å²) in [7, 11) is 0. The number of nitrogens with one attached hydrogen (secondary N) is 1. The van der Waals surface area contributed by atoms with Crippen molar-refractivity contribution in [3.8, 4) is 0 Å². The molecule has 1 aromatic carbocycles. The fourth-order valence-electron chi connectivity index (χ4n) is 2.93. The monoisotopic (exact) mass is 272 g/mol. The van der Waals surface area contributed by atoms with Gasteiger partial charge in [-0.3, -0.25) is 4.79 Å². The number of fused-ring (bicyclic) bond motifs is 1. The molecular formula is C16H20N2O2. The molecule has 1 aliphatic heterocycles. The maximum atomic E-state index is 12.5. The van der Waals surface area contributed by atoms with E-state index >= 15 is 0 Å². The largest absolute Gasteiger partial charge is 0.372 e. The first kappa shape index (κ1) is 13.2. The number of hydrogen-bond acceptors (Lipinski definition) is 2. The molecule has 0 spiro atoms. The van der Waals surface area contributed by atoms with Crippen molar-refractivity contribution in [2.45, 2.75) is 32.5 Å². The van der Waals surface area contributed by atoms with Crippen molar-refractivity contribution in [3.63, 3.8) is 0 Å². The van der Waals surface area contributed by atoms with Crippen molar-refractivity contribution in [2.75, 3.05) is 13.1 Å². The Morgan fingerprint density at radius 1 is 1.30 bits per heavy atom. The molecule has 1 fully saturated rings. The van der Waals surface area contributed by atoms with Crippen LogP contribution in [0.2, 0.25) is 0 Å². The van der Waals surface area contributed by atoms with E-state index in [4.69, 9.17) is 4.74 Å². The van der Waals surface area contributed by atoms with Gasteiger partial charge >= 0.3 is 0 Å². The molecule has 0 saturated carbocycles. The van der Waals surface area contributed by atoms with Crippen molar-refractivity contribution in [2.24, 2.45) is 0 Å². The molecule has 1 saturated heterocycles. The predicted octanol–water partition coefficient (Wildman–Crippen LogP) is 2.35. The van der Waals surface area contributed by atoms with Crippen LogP contribution in [0.5, 0.6) is 0 Å². The third-order valence-corrected chi connectivity index (χ3v) is 3.79. The fraction of sp³-hybridized carbons (Fsp3) is 0.438. The second-order valence-corrected chi connectivity index (χ2v) is 5.59. The minimum atomic E-state index is 0.116. The van der Waals surface area contributed by atoms with Gasteiger partial charge < -0.3 is 14.6 Å². The molecule has 106 valence electrons. The second-order valence-electron chi connectivity index (χ2n) is 5.59. The Morgan fingerprint density at radius 3 is 2.75 bits per heavy atom. The summed E-state index contributed by atoms with van der Waals surface area (Å²) in [6, 6.07) is 8.08. The molecule has 3 rings (SSSR count). The molecule has 2 atom stereocenters. The van der Waals surface area contributed by atoms with E-state index in [0.29, 0.717) is 19.5 Å². The first-order valence-corrected chi connectivity index (χ1v) is 7.11. The first-order chi connectivity index (χ1) is 9.63. The predicted molar refractivity (Wildman–Crippen MR) is 78.6 cm³/mol. The Kier molecular flexibility index (Phi) is 3.49. The minimum Gasteiger partial charge on any atom is -0.372 e. The van der Waals surface area contributed by atoms with E-state index in [0.717, 1.165) is 16.5 Å². The van der Waals surface area contributed by atoms with E-state index < -0.39 is 0 Å². The van der Waals surface area contributed by atoms with E-state index in [1.807, 2.05) is 43.1 Å². The first-order valence-electron chi connectivity index (χ1n) is 7.11. The lowest BCUT2D eigenvalue weighted by Gasteiger charge is -2.35. The summed E-state index contributed by atoms with van der Waals surface area (Å²) in [6.07, 6.45) is 2.62. The van der Waals surface area contributed by atoms with Crippen LogP contribution in [-0.4, -0.2) is 41.1 Å². The van der Waals surface area contributed by atoms with Crippen LogP contribution in [0.3, 0.4) is 0 Å². The maximum Gasteiger partial charge on any atom is 0.227 e. The number of aromatic nitrogens is 1. The van der Waals surface area contributed by atoms with Crippen molar-refractivity contribution >= 4 is 16.8 Å². The molecule has 2 heterocycles. The summed E-state index contributed by atoms with van der Waals surface area (Å²) < 4.78 is 5.67. The topological polar surface area (TPSA) is 45.3 Å². The van der Waals surface area contributed by atoms with Crippen LogP contribution in [0.1, 0.15) is 19.4 Å². The number of aromatic amines is 1. The number of ether oxygens (including phenoxy) is 1. The Morgan fingerprint density at radius 2 is 2.00 bits per heavy atom. The van der Waals surface area contributed by atoms with Gasteiger partial charge in [0.15, 0.2) is 0 Å². The Hall–Kier alpha value is -1.81. The highest BCUT2D eigenvalue weighted by Crippen LogP contribution is 2.19. The van der Waals surface area contributed by atoms with Gasteiger partial charge in [0.1, 0.15) is 0 Å². The van der Waals surface area contributed by atoms with Gasteiger partial charge in [-0.25, -0.2) is 0 Å². The number of benzene rings is 1. The summed E-state index contributed by atoms with van der Waals surface area (Å²) in [6.45, 7) is 5.40. The van der Waals surface area contributed by atoms with Crippen LogP contribution in [-0.2, 0) is 16.0 Å². The summed E-state index contributed by atoms with van der Waals surface area (Å²) in [4.78, 5) is 17.6. The number of carbonyl (C=O) groups excluding carboxylic acids is 1. The number of rotatable bonds is 2. The van der Waals surface area contributed by atoms with Gasteiger partial charge in [-0.2, -0.15) is 0 Å². The lowest BCUT2D eigenvalue weighted by Crippen LogP contribution is -2.48. The number of amides is 1. The van der Waals surface area contributed by atoms with Gasteiger partial charge in [0.2, 0.25) is 5.91 Å². The number of hydrogen-bond donors (Lipinski definition) is 1. The maximum absolute atomic E-state index is 12.5. The SMILES string of the molecule is CC1CN(C(=O)Cc2c[nH]c3ccccc23)CC(C)O1. The number of carbonyl (C=O) groups is 1. The van der Waals surface area contributed by atoms with Gasteiger partial charge in [-0.1, -0.05) is 18.2 Å². The Labute approximate surface area is 118 Å². The van der Waals surface area contributed by atoms with E-state index in [-0.39, 0.29) is 18.1 Å². The summed E-state index contributed by atoms with van der Waals surface area (Å²) in [5.74, 6) is 0.178. The molecule has 20 heavy (non-hydrogen) atoms. The molecule has 2 unspecified atom stereocenters. The van der Waals surface area contributed by atoms with Crippen molar-refractivity contribution in [1.82, 2.24) is 9.88 Å². The smallest absolute Gasteiger partial charge is 0.227 e.